The minimum absolute atomic E-state index is 0.110. The average molecular weight is 338 g/mol. The van der Waals surface area contributed by atoms with E-state index in [0.29, 0.717) is 24.7 Å². The van der Waals surface area contributed by atoms with Gasteiger partial charge in [-0.25, -0.2) is 4.79 Å². The van der Waals surface area contributed by atoms with Crippen molar-refractivity contribution >= 4 is 11.7 Å². The predicted molar refractivity (Wildman–Crippen MR) is 93.2 cm³/mol. The molecule has 0 aliphatic carbocycles. The first kappa shape index (κ1) is 17.9. The van der Waals surface area contributed by atoms with Gasteiger partial charge in [0.05, 0.1) is 7.11 Å². The highest BCUT2D eigenvalue weighted by atomic mass is 16.5. The van der Waals surface area contributed by atoms with Gasteiger partial charge in [0.1, 0.15) is 30.8 Å². The van der Waals surface area contributed by atoms with Gasteiger partial charge in [-0.3, -0.25) is 0 Å². The maximum absolute atomic E-state index is 11.3. The molecular formula is C19H18N2O4. The SMILES string of the molecule is COC(=O)/C(C#N)=C/Nc1ccc(OCCOc2ccccc2)cc1. The second-order valence-corrected chi connectivity index (χ2v) is 4.84. The van der Waals surface area contributed by atoms with Crippen molar-refractivity contribution in [3.63, 3.8) is 0 Å². The van der Waals surface area contributed by atoms with Crippen LogP contribution in [0.15, 0.2) is 66.4 Å². The molecule has 2 rings (SSSR count). The number of para-hydroxylation sites is 1. The van der Waals surface area contributed by atoms with Crippen molar-refractivity contribution in [3.05, 3.63) is 66.4 Å². The molecule has 25 heavy (non-hydrogen) atoms. The molecule has 128 valence electrons. The first-order valence-corrected chi connectivity index (χ1v) is 7.59. The number of esters is 1. The van der Waals surface area contributed by atoms with E-state index in [1.165, 1.54) is 13.3 Å². The maximum Gasteiger partial charge on any atom is 0.350 e. The molecule has 2 aromatic carbocycles. The molecule has 0 saturated carbocycles. The molecule has 0 atom stereocenters. The summed E-state index contributed by atoms with van der Waals surface area (Å²) in [5.74, 6) is 0.810. The van der Waals surface area contributed by atoms with E-state index in [1.807, 2.05) is 30.3 Å². The van der Waals surface area contributed by atoms with E-state index >= 15 is 0 Å². The molecular weight excluding hydrogens is 320 g/mol. The van der Waals surface area contributed by atoms with Crippen LogP contribution in [-0.4, -0.2) is 26.3 Å². The zero-order valence-electron chi connectivity index (χ0n) is 13.8. The number of nitrogens with one attached hydrogen (secondary N) is 1. The molecule has 0 spiro atoms. The Hall–Kier alpha value is -3.46. The Labute approximate surface area is 146 Å². The Balaban J connectivity index is 1.79. The molecule has 0 aliphatic heterocycles. The summed E-state index contributed by atoms with van der Waals surface area (Å²) >= 11 is 0. The number of methoxy groups -OCH3 is 1. The van der Waals surface area contributed by atoms with Crippen LogP contribution in [-0.2, 0) is 9.53 Å². The van der Waals surface area contributed by atoms with Crippen molar-refractivity contribution < 1.29 is 19.0 Å². The number of nitrogens with zero attached hydrogens (tertiary/aromatic N) is 1. The third-order valence-corrected chi connectivity index (χ3v) is 3.13. The number of hydrogen-bond acceptors (Lipinski definition) is 6. The van der Waals surface area contributed by atoms with E-state index in [-0.39, 0.29) is 5.57 Å². The van der Waals surface area contributed by atoms with Gasteiger partial charge in [0.15, 0.2) is 5.57 Å². The van der Waals surface area contributed by atoms with Crippen molar-refractivity contribution in [2.24, 2.45) is 0 Å². The Morgan fingerprint density at radius 2 is 1.64 bits per heavy atom. The molecule has 0 radical (unpaired) electrons. The lowest BCUT2D eigenvalue weighted by Crippen LogP contribution is -2.08. The van der Waals surface area contributed by atoms with E-state index in [1.54, 1.807) is 30.3 Å². The van der Waals surface area contributed by atoms with Gasteiger partial charge in [0.25, 0.3) is 0 Å². The Morgan fingerprint density at radius 1 is 1.04 bits per heavy atom. The van der Waals surface area contributed by atoms with Crippen LogP contribution in [0.5, 0.6) is 11.5 Å². The number of benzene rings is 2. The highest BCUT2D eigenvalue weighted by Gasteiger charge is 2.07. The number of carbonyl (C=O) groups excluding carboxylic acids is 1. The first-order chi connectivity index (χ1) is 12.2. The normalized spacial score (nSPS) is 10.5. The quantitative estimate of drug-likeness (QED) is 0.345. The number of carbonyl (C=O) groups is 1. The van der Waals surface area contributed by atoms with Crippen LogP contribution < -0.4 is 14.8 Å². The van der Waals surface area contributed by atoms with Crippen LogP contribution in [0.4, 0.5) is 5.69 Å². The lowest BCUT2D eigenvalue weighted by molar-refractivity contribution is -0.135. The van der Waals surface area contributed by atoms with Crippen molar-refractivity contribution in [1.29, 1.82) is 5.26 Å². The third kappa shape index (κ3) is 5.92. The molecule has 0 aromatic heterocycles. The lowest BCUT2D eigenvalue weighted by Gasteiger charge is -2.09. The standard InChI is InChI=1S/C19H18N2O4/c1-23-19(22)15(13-20)14-21-16-7-9-18(10-8-16)25-12-11-24-17-5-3-2-4-6-17/h2-10,14,21H,11-12H2,1H3/b15-14+. The van der Waals surface area contributed by atoms with E-state index < -0.39 is 5.97 Å². The zero-order valence-corrected chi connectivity index (χ0v) is 13.8. The summed E-state index contributed by atoms with van der Waals surface area (Å²) in [5.41, 5.74) is 0.602. The summed E-state index contributed by atoms with van der Waals surface area (Å²) in [5, 5.41) is 11.7. The van der Waals surface area contributed by atoms with E-state index in [2.05, 4.69) is 10.1 Å². The fourth-order valence-corrected chi connectivity index (χ4v) is 1.89. The van der Waals surface area contributed by atoms with Gasteiger partial charge in [-0.05, 0) is 36.4 Å². The lowest BCUT2D eigenvalue weighted by atomic mass is 10.3. The molecule has 1 N–H and O–H groups in total. The largest absolute Gasteiger partial charge is 0.490 e. The molecule has 0 aliphatic rings. The minimum Gasteiger partial charge on any atom is -0.490 e. The fraction of sp³-hybridized carbons (Fsp3) is 0.158. The maximum atomic E-state index is 11.3. The number of hydrogen-bond donors (Lipinski definition) is 1. The van der Waals surface area contributed by atoms with Gasteiger partial charge in [0.2, 0.25) is 0 Å². The van der Waals surface area contributed by atoms with Crippen LogP contribution in [0.2, 0.25) is 0 Å². The number of rotatable bonds is 8. The topological polar surface area (TPSA) is 80.6 Å². The third-order valence-electron chi connectivity index (χ3n) is 3.13. The Morgan fingerprint density at radius 3 is 2.20 bits per heavy atom. The first-order valence-electron chi connectivity index (χ1n) is 7.59. The molecule has 0 fully saturated rings. The van der Waals surface area contributed by atoms with Gasteiger partial charge in [0, 0.05) is 11.9 Å². The van der Waals surface area contributed by atoms with E-state index in [0.717, 1.165) is 5.75 Å². The summed E-state index contributed by atoms with van der Waals surface area (Å²) in [6, 6.07) is 18.4. The van der Waals surface area contributed by atoms with E-state index in [4.69, 9.17) is 14.7 Å². The summed E-state index contributed by atoms with van der Waals surface area (Å²) in [7, 11) is 1.22. The number of nitriles is 1. The van der Waals surface area contributed by atoms with Crippen LogP contribution >= 0.6 is 0 Å². The van der Waals surface area contributed by atoms with Crippen molar-refractivity contribution in [2.75, 3.05) is 25.6 Å². The molecule has 0 saturated heterocycles. The number of anilines is 1. The summed E-state index contributed by atoms with van der Waals surface area (Å²) in [4.78, 5) is 11.3. The van der Waals surface area contributed by atoms with Crippen LogP contribution in [0.3, 0.4) is 0 Å². The minimum atomic E-state index is -0.687. The van der Waals surface area contributed by atoms with Gasteiger partial charge in [-0.2, -0.15) is 5.26 Å². The second-order valence-electron chi connectivity index (χ2n) is 4.84. The second kappa shape index (κ2) is 9.63. The molecule has 2 aromatic rings. The zero-order chi connectivity index (χ0) is 17.9. The van der Waals surface area contributed by atoms with Crippen LogP contribution in [0.25, 0.3) is 0 Å². The molecule has 0 heterocycles. The fourth-order valence-electron chi connectivity index (χ4n) is 1.89. The average Bonchev–Trinajstić information content (AvgIpc) is 2.67. The molecule has 0 bridgehead atoms. The molecule has 6 heteroatoms. The Kier molecular flexibility index (Phi) is 6.89. The van der Waals surface area contributed by atoms with Gasteiger partial charge >= 0.3 is 5.97 Å². The summed E-state index contributed by atoms with van der Waals surface area (Å²) < 4.78 is 15.6. The molecule has 6 nitrogen and oxygen atoms in total. The van der Waals surface area contributed by atoms with Gasteiger partial charge in [-0.15, -0.1) is 0 Å². The van der Waals surface area contributed by atoms with E-state index in [9.17, 15) is 4.79 Å². The van der Waals surface area contributed by atoms with Gasteiger partial charge in [-0.1, -0.05) is 18.2 Å². The van der Waals surface area contributed by atoms with Gasteiger partial charge < -0.3 is 19.5 Å². The Bertz CT molecular complexity index is 749. The van der Waals surface area contributed by atoms with Crippen LogP contribution in [0.1, 0.15) is 0 Å². The smallest absolute Gasteiger partial charge is 0.350 e. The number of ether oxygens (including phenoxy) is 3. The van der Waals surface area contributed by atoms with Crippen molar-refractivity contribution in [1.82, 2.24) is 0 Å². The summed E-state index contributed by atoms with van der Waals surface area (Å²) in [6.45, 7) is 0.861. The molecule has 0 unspecified atom stereocenters. The highest BCUT2D eigenvalue weighted by molar-refractivity contribution is 5.93. The van der Waals surface area contributed by atoms with Crippen molar-refractivity contribution in [3.8, 4) is 17.6 Å². The van der Waals surface area contributed by atoms with Crippen molar-refractivity contribution in [2.45, 2.75) is 0 Å². The monoisotopic (exact) mass is 338 g/mol. The predicted octanol–water partition coefficient (Wildman–Crippen LogP) is 3.14. The van der Waals surface area contributed by atoms with Crippen LogP contribution in [0, 0.1) is 11.3 Å². The summed E-state index contributed by atoms with van der Waals surface area (Å²) in [6.07, 6.45) is 1.30. The highest BCUT2D eigenvalue weighted by Crippen LogP contribution is 2.16. The molecule has 0 amide bonds.